The molecule has 0 unspecified atom stereocenters. The molecule has 1 amide bonds. The third-order valence-electron chi connectivity index (χ3n) is 3.96. The Balaban J connectivity index is 1.97. The zero-order valence-electron chi connectivity index (χ0n) is 13.8. The molecule has 0 radical (unpaired) electrons. The number of halogens is 2. The van der Waals surface area contributed by atoms with Crippen LogP contribution in [-0.2, 0) is 0 Å². The Hall–Kier alpha value is -1.56. The van der Waals surface area contributed by atoms with Crippen LogP contribution in [0.3, 0.4) is 0 Å². The second-order valence-corrected chi connectivity index (χ2v) is 7.52. The number of rotatable bonds is 4. The summed E-state index contributed by atoms with van der Waals surface area (Å²) in [5.74, 6) is 2.02. The summed E-state index contributed by atoms with van der Waals surface area (Å²) in [5.41, 5.74) is 1.39. The van der Waals surface area contributed by atoms with Crippen molar-refractivity contribution in [3.8, 4) is 11.5 Å². The fourth-order valence-corrected chi connectivity index (χ4v) is 4.68. The van der Waals surface area contributed by atoms with Crippen LogP contribution in [0.1, 0.15) is 21.3 Å². The average molecular weight is 398 g/mol. The van der Waals surface area contributed by atoms with Crippen molar-refractivity contribution in [3.05, 3.63) is 57.6 Å². The second-order valence-electron chi connectivity index (χ2n) is 5.46. The molecule has 7 heteroatoms. The predicted octanol–water partition coefficient (Wildman–Crippen LogP) is 4.90. The summed E-state index contributed by atoms with van der Waals surface area (Å²) in [4.78, 5) is 14.8. The number of para-hydroxylation sites is 1. The van der Waals surface area contributed by atoms with Crippen LogP contribution in [0, 0.1) is 0 Å². The van der Waals surface area contributed by atoms with E-state index in [4.69, 9.17) is 32.7 Å². The maximum atomic E-state index is 13.0. The lowest BCUT2D eigenvalue weighted by atomic mass is 10.1. The molecule has 25 heavy (non-hydrogen) atoms. The first-order valence-electron chi connectivity index (χ1n) is 7.64. The molecule has 1 atom stereocenters. The second kappa shape index (κ2) is 7.77. The van der Waals surface area contributed by atoms with Gasteiger partial charge in [0.1, 0.15) is 5.37 Å². The van der Waals surface area contributed by atoms with Gasteiger partial charge in [0.05, 0.1) is 14.2 Å². The number of methoxy groups -OCH3 is 2. The van der Waals surface area contributed by atoms with Crippen LogP contribution in [0.25, 0.3) is 0 Å². The van der Waals surface area contributed by atoms with Crippen LogP contribution in [0.5, 0.6) is 11.5 Å². The molecule has 1 aliphatic rings. The summed E-state index contributed by atoms with van der Waals surface area (Å²) in [6.45, 7) is 0.638. The van der Waals surface area contributed by atoms with E-state index in [1.54, 1.807) is 44.2 Å². The third kappa shape index (κ3) is 3.68. The number of thioether (sulfide) groups is 1. The molecule has 1 fully saturated rings. The van der Waals surface area contributed by atoms with E-state index in [0.717, 1.165) is 11.3 Å². The Kier molecular flexibility index (Phi) is 5.67. The maximum Gasteiger partial charge on any atom is 0.255 e. The first-order valence-corrected chi connectivity index (χ1v) is 9.45. The van der Waals surface area contributed by atoms with Gasteiger partial charge in [-0.25, -0.2) is 0 Å². The van der Waals surface area contributed by atoms with Gasteiger partial charge >= 0.3 is 0 Å². The average Bonchev–Trinajstić information content (AvgIpc) is 3.08. The predicted molar refractivity (Wildman–Crippen MR) is 102 cm³/mol. The van der Waals surface area contributed by atoms with Crippen molar-refractivity contribution >= 4 is 40.9 Å². The van der Waals surface area contributed by atoms with Gasteiger partial charge in [0.25, 0.3) is 5.91 Å². The number of carbonyl (C=O) groups excluding carboxylic acids is 1. The summed E-state index contributed by atoms with van der Waals surface area (Å²) in [7, 11) is 3.20. The number of nitrogens with zero attached hydrogens (tertiary/aromatic N) is 1. The van der Waals surface area contributed by atoms with Crippen LogP contribution >= 0.6 is 35.0 Å². The molecule has 1 heterocycles. The molecule has 2 aromatic carbocycles. The summed E-state index contributed by atoms with van der Waals surface area (Å²) >= 11 is 13.8. The molecular formula is C18H17Cl2NO3S. The van der Waals surface area contributed by atoms with E-state index in [0.29, 0.717) is 33.7 Å². The number of benzene rings is 2. The number of hydrogen-bond acceptors (Lipinski definition) is 4. The number of hydrogen-bond donors (Lipinski definition) is 0. The largest absolute Gasteiger partial charge is 0.493 e. The van der Waals surface area contributed by atoms with E-state index < -0.39 is 0 Å². The van der Waals surface area contributed by atoms with Crippen molar-refractivity contribution in [2.24, 2.45) is 0 Å². The van der Waals surface area contributed by atoms with Crippen LogP contribution in [0.4, 0.5) is 0 Å². The van der Waals surface area contributed by atoms with E-state index in [-0.39, 0.29) is 11.3 Å². The highest BCUT2D eigenvalue weighted by molar-refractivity contribution is 7.99. The molecule has 1 aliphatic heterocycles. The van der Waals surface area contributed by atoms with Crippen molar-refractivity contribution < 1.29 is 14.3 Å². The SMILES string of the molecule is COc1cccc([C@H]2SCCN2C(=O)c2cc(Cl)cc(Cl)c2)c1OC. The van der Waals surface area contributed by atoms with E-state index in [2.05, 4.69) is 0 Å². The summed E-state index contributed by atoms with van der Waals surface area (Å²) in [6.07, 6.45) is 0. The first kappa shape index (κ1) is 18.2. The Morgan fingerprint density at radius 1 is 1.16 bits per heavy atom. The molecule has 3 rings (SSSR count). The molecule has 132 valence electrons. The fraction of sp³-hybridized carbons (Fsp3) is 0.278. The molecular weight excluding hydrogens is 381 g/mol. The molecule has 0 N–H and O–H groups in total. The molecule has 1 saturated heterocycles. The van der Waals surface area contributed by atoms with Gasteiger partial charge in [0.2, 0.25) is 0 Å². The van der Waals surface area contributed by atoms with Gasteiger partial charge in [-0.05, 0) is 24.3 Å². The van der Waals surface area contributed by atoms with Crippen LogP contribution in [0.15, 0.2) is 36.4 Å². The van der Waals surface area contributed by atoms with Crippen LogP contribution in [0.2, 0.25) is 10.0 Å². The highest BCUT2D eigenvalue weighted by Gasteiger charge is 2.34. The Morgan fingerprint density at radius 2 is 1.88 bits per heavy atom. The monoisotopic (exact) mass is 397 g/mol. The highest BCUT2D eigenvalue weighted by Crippen LogP contribution is 2.45. The quantitative estimate of drug-likeness (QED) is 0.735. The van der Waals surface area contributed by atoms with Crippen molar-refractivity contribution in [3.63, 3.8) is 0 Å². The van der Waals surface area contributed by atoms with Crippen LogP contribution in [-0.4, -0.2) is 37.3 Å². The first-order chi connectivity index (χ1) is 12.0. The van der Waals surface area contributed by atoms with Crippen molar-refractivity contribution in [1.82, 2.24) is 4.90 Å². The standard InChI is InChI=1S/C18H17Cl2NO3S/c1-23-15-5-3-4-14(16(15)24-2)18-21(6-7-25-18)17(22)11-8-12(19)10-13(20)9-11/h3-5,8-10,18H,6-7H2,1-2H3/t18-/m1/s1. The molecule has 0 bridgehead atoms. The van der Waals surface area contributed by atoms with Gasteiger partial charge in [-0.3, -0.25) is 4.79 Å². The van der Waals surface area contributed by atoms with Gasteiger partial charge < -0.3 is 14.4 Å². The van der Waals surface area contributed by atoms with E-state index >= 15 is 0 Å². The van der Waals surface area contributed by atoms with Gasteiger partial charge in [-0.2, -0.15) is 0 Å². The van der Waals surface area contributed by atoms with E-state index in [1.807, 2.05) is 23.1 Å². The third-order valence-corrected chi connectivity index (χ3v) is 5.64. The van der Waals surface area contributed by atoms with Crippen molar-refractivity contribution in [2.75, 3.05) is 26.5 Å². The number of carbonyl (C=O) groups is 1. The minimum atomic E-state index is -0.157. The van der Waals surface area contributed by atoms with Gasteiger partial charge in [0.15, 0.2) is 11.5 Å². The lowest BCUT2D eigenvalue weighted by Gasteiger charge is -2.26. The zero-order valence-corrected chi connectivity index (χ0v) is 16.1. The zero-order chi connectivity index (χ0) is 18.0. The molecule has 0 aliphatic carbocycles. The lowest BCUT2D eigenvalue weighted by Crippen LogP contribution is -2.30. The summed E-state index contributed by atoms with van der Waals surface area (Å²) in [6, 6.07) is 10.6. The fourth-order valence-electron chi connectivity index (χ4n) is 2.89. The molecule has 2 aromatic rings. The molecule has 0 spiro atoms. The topological polar surface area (TPSA) is 38.8 Å². The van der Waals surface area contributed by atoms with Crippen molar-refractivity contribution in [2.45, 2.75) is 5.37 Å². The maximum absolute atomic E-state index is 13.0. The van der Waals surface area contributed by atoms with Gasteiger partial charge in [-0.15, -0.1) is 11.8 Å². The Labute approximate surface area is 161 Å². The Morgan fingerprint density at radius 3 is 2.52 bits per heavy atom. The lowest BCUT2D eigenvalue weighted by molar-refractivity contribution is 0.0759. The molecule has 0 aromatic heterocycles. The van der Waals surface area contributed by atoms with Gasteiger partial charge in [-0.1, -0.05) is 35.3 Å². The smallest absolute Gasteiger partial charge is 0.255 e. The van der Waals surface area contributed by atoms with E-state index in [9.17, 15) is 4.79 Å². The highest BCUT2D eigenvalue weighted by atomic mass is 35.5. The minimum absolute atomic E-state index is 0.107. The molecule has 0 saturated carbocycles. The Bertz CT molecular complexity index is 780. The molecule has 4 nitrogen and oxygen atoms in total. The number of amides is 1. The minimum Gasteiger partial charge on any atom is -0.493 e. The van der Waals surface area contributed by atoms with Crippen LogP contribution < -0.4 is 9.47 Å². The van der Waals surface area contributed by atoms with E-state index in [1.165, 1.54) is 0 Å². The summed E-state index contributed by atoms with van der Waals surface area (Å²) < 4.78 is 10.9. The summed E-state index contributed by atoms with van der Waals surface area (Å²) in [5, 5.41) is 0.728. The van der Waals surface area contributed by atoms with Gasteiger partial charge in [0, 0.05) is 33.5 Å². The number of ether oxygens (including phenoxy) is 2. The normalized spacial score (nSPS) is 16.8. The van der Waals surface area contributed by atoms with Crippen molar-refractivity contribution in [1.29, 1.82) is 0 Å².